The highest BCUT2D eigenvalue weighted by Crippen LogP contribution is 2.22. The third-order valence-corrected chi connectivity index (χ3v) is 3.53. The molecule has 3 nitrogen and oxygen atoms in total. The monoisotopic (exact) mass is 324 g/mol. The Labute approximate surface area is 120 Å². The molecule has 0 N–H and O–H groups in total. The molecule has 4 heteroatoms. The number of hydrogen-bond donors (Lipinski definition) is 0. The van der Waals surface area contributed by atoms with Crippen LogP contribution in [0.25, 0.3) is 11.0 Å². The van der Waals surface area contributed by atoms with Gasteiger partial charge in [0, 0.05) is 16.8 Å². The summed E-state index contributed by atoms with van der Waals surface area (Å²) in [5, 5.41) is 1.97. The van der Waals surface area contributed by atoms with Crippen LogP contribution in [0.1, 0.15) is 24.8 Å². The van der Waals surface area contributed by atoms with E-state index in [4.69, 9.17) is 9.15 Å². The van der Waals surface area contributed by atoms with Gasteiger partial charge in [0.25, 0.3) is 0 Å². The minimum Gasteiger partial charge on any atom is -0.494 e. The molecule has 0 amide bonds. The van der Waals surface area contributed by atoms with E-state index >= 15 is 0 Å². The Balaban J connectivity index is 2.07. The Hall–Kier alpha value is -1.29. The second-order valence-electron chi connectivity index (χ2n) is 4.50. The fourth-order valence-corrected chi connectivity index (χ4v) is 2.35. The molecule has 0 unspecified atom stereocenters. The van der Waals surface area contributed by atoms with E-state index in [-0.39, 0.29) is 5.63 Å². The second kappa shape index (κ2) is 6.75. The van der Waals surface area contributed by atoms with Crippen LogP contribution in [0.3, 0.4) is 0 Å². The third-order valence-electron chi connectivity index (χ3n) is 2.97. The molecule has 0 spiro atoms. The standard InChI is InChI=1S/C15H17BrO3/c1-11-9-15(17)19-14-6-5-12(10-13(11)14)18-8-4-2-3-7-16/h5-6,9-10H,2-4,7-8H2,1H3. The predicted octanol–water partition coefficient (Wildman–Crippen LogP) is 4.05. The zero-order chi connectivity index (χ0) is 13.7. The van der Waals surface area contributed by atoms with E-state index in [1.54, 1.807) is 6.07 Å². The molecule has 19 heavy (non-hydrogen) atoms. The van der Waals surface area contributed by atoms with Crippen LogP contribution in [0.15, 0.2) is 33.5 Å². The Morgan fingerprint density at radius 1 is 1.21 bits per heavy atom. The maximum atomic E-state index is 11.3. The Kier molecular flexibility index (Phi) is 5.02. The van der Waals surface area contributed by atoms with Crippen molar-refractivity contribution in [1.29, 1.82) is 0 Å². The molecular weight excluding hydrogens is 308 g/mol. The van der Waals surface area contributed by atoms with Crippen LogP contribution in [0.4, 0.5) is 0 Å². The van der Waals surface area contributed by atoms with Gasteiger partial charge in [-0.1, -0.05) is 15.9 Å². The number of rotatable bonds is 6. The molecule has 0 aliphatic rings. The summed E-state index contributed by atoms with van der Waals surface area (Å²) in [6.45, 7) is 2.62. The van der Waals surface area contributed by atoms with E-state index < -0.39 is 0 Å². The van der Waals surface area contributed by atoms with Gasteiger partial charge >= 0.3 is 5.63 Å². The van der Waals surface area contributed by atoms with Crippen LogP contribution in [0, 0.1) is 6.92 Å². The number of hydrogen-bond acceptors (Lipinski definition) is 3. The number of benzene rings is 1. The maximum absolute atomic E-state index is 11.3. The molecule has 1 aromatic heterocycles. The zero-order valence-electron chi connectivity index (χ0n) is 10.9. The van der Waals surface area contributed by atoms with Crippen molar-refractivity contribution in [3.63, 3.8) is 0 Å². The summed E-state index contributed by atoms with van der Waals surface area (Å²) < 4.78 is 10.8. The van der Waals surface area contributed by atoms with Gasteiger partial charge in [-0.2, -0.15) is 0 Å². The topological polar surface area (TPSA) is 39.4 Å². The summed E-state index contributed by atoms with van der Waals surface area (Å²) in [5.74, 6) is 0.822. The smallest absolute Gasteiger partial charge is 0.336 e. The molecule has 0 fully saturated rings. The van der Waals surface area contributed by atoms with E-state index in [2.05, 4.69) is 15.9 Å². The average molecular weight is 325 g/mol. The van der Waals surface area contributed by atoms with Crippen LogP contribution in [0.5, 0.6) is 5.75 Å². The summed E-state index contributed by atoms with van der Waals surface area (Å²) in [4.78, 5) is 11.3. The number of alkyl halides is 1. The summed E-state index contributed by atoms with van der Waals surface area (Å²) >= 11 is 3.41. The molecule has 0 atom stereocenters. The van der Waals surface area contributed by atoms with Gasteiger partial charge in [-0.05, 0) is 49.9 Å². The van der Waals surface area contributed by atoms with Crippen molar-refractivity contribution < 1.29 is 9.15 Å². The summed E-state index contributed by atoms with van der Waals surface area (Å²) in [6.07, 6.45) is 3.38. The Morgan fingerprint density at radius 2 is 2.05 bits per heavy atom. The summed E-state index contributed by atoms with van der Waals surface area (Å²) in [7, 11) is 0. The third kappa shape index (κ3) is 3.83. The fourth-order valence-electron chi connectivity index (χ4n) is 1.95. The zero-order valence-corrected chi connectivity index (χ0v) is 12.5. The first-order valence-electron chi connectivity index (χ1n) is 6.44. The first-order valence-corrected chi connectivity index (χ1v) is 7.56. The fraction of sp³-hybridized carbons (Fsp3) is 0.400. The highest BCUT2D eigenvalue weighted by atomic mass is 79.9. The van der Waals surface area contributed by atoms with Gasteiger partial charge in [0.05, 0.1) is 6.61 Å². The van der Waals surface area contributed by atoms with Crippen LogP contribution in [-0.2, 0) is 0 Å². The molecule has 0 radical (unpaired) electrons. The molecule has 1 heterocycles. The van der Waals surface area contributed by atoms with Gasteiger partial charge in [-0.15, -0.1) is 0 Å². The average Bonchev–Trinajstić information content (AvgIpc) is 2.39. The SMILES string of the molecule is Cc1cc(=O)oc2ccc(OCCCCCBr)cc12. The molecule has 0 bridgehead atoms. The lowest BCUT2D eigenvalue weighted by Gasteiger charge is -2.07. The molecular formula is C15H17BrO3. The maximum Gasteiger partial charge on any atom is 0.336 e. The molecule has 0 saturated carbocycles. The van der Waals surface area contributed by atoms with Gasteiger partial charge < -0.3 is 9.15 Å². The Bertz CT molecular complexity index is 604. The van der Waals surface area contributed by atoms with Gasteiger partial charge in [0.1, 0.15) is 11.3 Å². The number of fused-ring (bicyclic) bond motifs is 1. The number of aryl methyl sites for hydroxylation is 1. The molecule has 102 valence electrons. The van der Waals surface area contributed by atoms with Crippen LogP contribution in [-0.4, -0.2) is 11.9 Å². The van der Waals surface area contributed by atoms with Crippen molar-refractivity contribution in [3.05, 3.63) is 40.2 Å². The van der Waals surface area contributed by atoms with Crippen molar-refractivity contribution in [2.45, 2.75) is 26.2 Å². The summed E-state index contributed by atoms with van der Waals surface area (Å²) in [5.41, 5.74) is 1.21. The van der Waals surface area contributed by atoms with E-state index in [0.717, 1.165) is 34.9 Å². The van der Waals surface area contributed by atoms with E-state index in [1.165, 1.54) is 12.5 Å². The number of halogens is 1. The predicted molar refractivity (Wildman–Crippen MR) is 80.4 cm³/mol. The number of unbranched alkanes of at least 4 members (excludes halogenated alkanes) is 2. The molecule has 2 aromatic rings. The molecule has 0 aliphatic carbocycles. The second-order valence-corrected chi connectivity index (χ2v) is 5.30. The van der Waals surface area contributed by atoms with E-state index in [0.29, 0.717) is 12.2 Å². The molecule has 0 saturated heterocycles. The lowest BCUT2D eigenvalue weighted by molar-refractivity contribution is 0.307. The molecule has 2 rings (SSSR count). The molecule has 1 aromatic carbocycles. The number of ether oxygens (including phenoxy) is 1. The van der Waals surface area contributed by atoms with Crippen LogP contribution >= 0.6 is 15.9 Å². The highest BCUT2D eigenvalue weighted by Gasteiger charge is 2.04. The van der Waals surface area contributed by atoms with Crippen molar-refractivity contribution in [3.8, 4) is 5.75 Å². The van der Waals surface area contributed by atoms with E-state index in [9.17, 15) is 4.79 Å². The first-order chi connectivity index (χ1) is 9.20. The normalized spacial score (nSPS) is 10.8. The van der Waals surface area contributed by atoms with Crippen molar-refractivity contribution >= 4 is 26.9 Å². The quantitative estimate of drug-likeness (QED) is 0.457. The lowest BCUT2D eigenvalue weighted by atomic mass is 10.1. The van der Waals surface area contributed by atoms with Gasteiger partial charge in [0.15, 0.2) is 0 Å². The first kappa shape index (κ1) is 14.1. The van der Waals surface area contributed by atoms with Gasteiger partial charge in [-0.3, -0.25) is 0 Å². The van der Waals surface area contributed by atoms with Crippen molar-refractivity contribution in [2.75, 3.05) is 11.9 Å². The van der Waals surface area contributed by atoms with Gasteiger partial charge in [-0.25, -0.2) is 4.79 Å². The van der Waals surface area contributed by atoms with Crippen LogP contribution in [0.2, 0.25) is 0 Å². The lowest BCUT2D eigenvalue weighted by Crippen LogP contribution is -2.00. The minimum absolute atomic E-state index is 0.312. The van der Waals surface area contributed by atoms with Gasteiger partial charge in [0.2, 0.25) is 0 Å². The molecule has 0 aliphatic heterocycles. The minimum atomic E-state index is -0.312. The van der Waals surface area contributed by atoms with Crippen molar-refractivity contribution in [1.82, 2.24) is 0 Å². The van der Waals surface area contributed by atoms with Crippen molar-refractivity contribution in [2.24, 2.45) is 0 Å². The Morgan fingerprint density at radius 3 is 2.84 bits per heavy atom. The largest absolute Gasteiger partial charge is 0.494 e. The van der Waals surface area contributed by atoms with Crippen LogP contribution < -0.4 is 10.4 Å². The highest BCUT2D eigenvalue weighted by molar-refractivity contribution is 9.09. The summed E-state index contributed by atoms with van der Waals surface area (Å²) in [6, 6.07) is 7.06. The van der Waals surface area contributed by atoms with E-state index in [1.807, 2.05) is 19.1 Å².